The fourth-order valence-corrected chi connectivity index (χ4v) is 0.927. The first kappa shape index (κ1) is 14.3. The summed E-state index contributed by atoms with van der Waals surface area (Å²) in [5.74, 6) is -1.34. The monoisotopic (exact) mass is 228 g/mol. The van der Waals surface area contributed by atoms with E-state index in [0.717, 1.165) is 0 Å². The highest BCUT2D eigenvalue weighted by Crippen LogP contribution is 2.03. The summed E-state index contributed by atoms with van der Waals surface area (Å²) < 4.78 is 9.54. The molecule has 1 atom stereocenters. The fraction of sp³-hybridized carbons (Fsp3) is 0.545. The molecule has 0 aliphatic carbocycles. The number of hydrogen-bond acceptors (Lipinski definition) is 5. The minimum atomic E-state index is -0.851. The summed E-state index contributed by atoms with van der Waals surface area (Å²) in [7, 11) is 0. The van der Waals surface area contributed by atoms with E-state index in [-0.39, 0.29) is 24.4 Å². The molecule has 0 rings (SSSR count). The number of Topliss-reactive ketones (excluding diaryl/α,β-unsaturated/α-hetero) is 1. The van der Waals surface area contributed by atoms with E-state index in [1.807, 2.05) is 0 Å². The molecule has 0 heterocycles. The van der Waals surface area contributed by atoms with E-state index in [9.17, 15) is 14.4 Å². The average Bonchev–Trinajstić information content (AvgIpc) is 2.14. The van der Waals surface area contributed by atoms with E-state index >= 15 is 0 Å². The molecular weight excluding hydrogens is 212 g/mol. The molecule has 0 aromatic carbocycles. The Bertz CT molecular complexity index is 305. The number of hydrogen-bond donors (Lipinski definition) is 0. The molecule has 0 aromatic rings. The van der Waals surface area contributed by atoms with E-state index in [1.54, 1.807) is 0 Å². The van der Waals surface area contributed by atoms with Gasteiger partial charge in [-0.25, -0.2) is 4.79 Å². The molecule has 1 unspecified atom stereocenters. The molecule has 16 heavy (non-hydrogen) atoms. The van der Waals surface area contributed by atoms with Crippen LogP contribution in [-0.2, 0) is 23.9 Å². The molecule has 0 aromatic heterocycles. The van der Waals surface area contributed by atoms with Gasteiger partial charge in [-0.05, 0) is 13.8 Å². The average molecular weight is 228 g/mol. The summed E-state index contributed by atoms with van der Waals surface area (Å²) >= 11 is 0. The number of esters is 2. The van der Waals surface area contributed by atoms with Crippen molar-refractivity contribution in [2.45, 2.75) is 33.3 Å². The van der Waals surface area contributed by atoms with Crippen LogP contribution in [0.5, 0.6) is 0 Å². The van der Waals surface area contributed by atoms with Crippen LogP contribution in [0.4, 0.5) is 0 Å². The van der Waals surface area contributed by atoms with Gasteiger partial charge in [0.05, 0.1) is 6.61 Å². The van der Waals surface area contributed by atoms with Crippen LogP contribution in [-0.4, -0.2) is 30.4 Å². The highest BCUT2D eigenvalue weighted by Gasteiger charge is 2.17. The van der Waals surface area contributed by atoms with Crippen LogP contribution in [0, 0.1) is 0 Å². The third-order valence-corrected chi connectivity index (χ3v) is 1.72. The number of carbonyl (C=O) groups excluding carboxylic acids is 3. The summed E-state index contributed by atoms with van der Waals surface area (Å²) in [5.41, 5.74) is 0.284. The molecule has 0 radical (unpaired) electrons. The van der Waals surface area contributed by atoms with Gasteiger partial charge in [-0.2, -0.15) is 0 Å². The quantitative estimate of drug-likeness (QED) is 0.501. The maximum Gasteiger partial charge on any atom is 0.333 e. The van der Waals surface area contributed by atoms with Crippen molar-refractivity contribution in [1.82, 2.24) is 0 Å². The predicted molar refractivity (Wildman–Crippen MR) is 56.6 cm³/mol. The molecule has 5 nitrogen and oxygen atoms in total. The van der Waals surface area contributed by atoms with Crippen LogP contribution in [0.25, 0.3) is 0 Å². The Labute approximate surface area is 94.4 Å². The minimum Gasteiger partial charge on any atom is -0.462 e. The molecule has 90 valence electrons. The molecule has 0 aliphatic rings. The van der Waals surface area contributed by atoms with Crippen molar-refractivity contribution >= 4 is 17.7 Å². The lowest BCUT2D eigenvalue weighted by Crippen LogP contribution is -2.26. The maximum absolute atomic E-state index is 11.1. The second kappa shape index (κ2) is 6.76. The highest BCUT2D eigenvalue weighted by molar-refractivity contribution is 5.87. The van der Waals surface area contributed by atoms with Crippen LogP contribution in [0.2, 0.25) is 0 Å². The van der Waals surface area contributed by atoms with Gasteiger partial charge in [-0.3, -0.25) is 9.59 Å². The molecule has 0 saturated heterocycles. The van der Waals surface area contributed by atoms with Crippen LogP contribution >= 0.6 is 0 Å². The van der Waals surface area contributed by atoms with E-state index in [2.05, 4.69) is 6.58 Å². The van der Waals surface area contributed by atoms with Crippen LogP contribution in [0.1, 0.15) is 27.2 Å². The lowest BCUT2D eigenvalue weighted by atomic mass is 10.2. The normalized spacial score (nSPS) is 11.4. The molecule has 0 fully saturated rings. The zero-order valence-electron chi connectivity index (χ0n) is 9.74. The first-order chi connectivity index (χ1) is 7.34. The Morgan fingerprint density at radius 3 is 2.12 bits per heavy atom. The number of rotatable bonds is 6. The van der Waals surface area contributed by atoms with Gasteiger partial charge in [0.2, 0.25) is 0 Å². The topological polar surface area (TPSA) is 69.7 Å². The second-order valence-electron chi connectivity index (χ2n) is 3.41. The molecule has 0 spiro atoms. The minimum absolute atomic E-state index is 0.0171. The highest BCUT2D eigenvalue weighted by atomic mass is 16.6. The summed E-state index contributed by atoms with van der Waals surface area (Å²) in [4.78, 5) is 32.7. The van der Waals surface area contributed by atoms with Crippen molar-refractivity contribution in [2.75, 3.05) is 6.61 Å². The van der Waals surface area contributed by atoms with Crippen molar-refractivity contribution in [3.63, 3.8) is 0 Å². The predicted octanol–water partition coefficient (Wildman–Crippen LogP) is 1.02. The third kappa shape index (κ3) is 5.95. The van der Waals surface area contributed by atoms with Crippen molar-refractivity contribution in [3.05, 3.63) is 12.2 Å². The van der Waals surface area contributed by atoms with Crippen LogP contribution < -0.4 is 0 Å². The third-order valence-electron chi connectivity index (χ3n) is 1.72. The molecule has 0 aliphatic heterocycles. The zero-order chi connectivity index (χ0) is 12.7. The molecule has 0 N–H and O–H groups in total. The van der Waals surface area contributed by atoms with Crippen LogP contribution in [0.15, 0.2) is 12.2 Å². The molecule has 0 saturated carbocycles. The second-order valence-corrected chi connectivity index (χ2v) is 3.41. The fourth-order valence-electron chi connectivity index (χ4n) is 0.927. The Kier molecular flexibility index (Phi) is 6.07. The summed E-state index contributed by atoms with van der Waals surface area (Å²) in [6.45, 7) is 7.48. The molecule has 0 amide bonds. The Balaban J connectivity index is 4.03. The standard InChI is InChI=1S/C11H16O5/c1-7(2)11(14)15-6-5-10(8(3)12)16-9(4)13/h10H,1,5-6H2,2-4H3. The lowest BCUT2D eigenvalue weighted by Gasteiger charge is -2.13. The van der Waals surface area contributed by atoms with Gasteiger partial charge in [0.1, 0.15) is 0 Å². The van der Waals surface area contributed by atoms with Gasteiger partial charge >= 0.3 is 11.9 Å². The summed E-state index contributed by atoms with van der Waals surface area (Å²) in [6.07, 6.45) is -0.691. The van der Waals surface area contributed by atoms with E-state index in [0.29, 0.717) is 0 Å². The van der Waals surface area contributed by atoms with Crippen molar-refractivity contribution < 1.29 is 23.9 Å². The largest absolute Gasteiger partial charge is 0.462 e. The van der Waals surface area contributed by atoms with E-state index in [4.69, 9.17) is 9.47 Å². The van der Waals surface area contributed by atoms with Crippen molar-refractivity contribution in [2.24, 2.45) is 0 Å². The number of carbonyl (C=O) groups is 3. The smallest absolute Gasteiger partial charge is 0.333 e. The first-order valence-corrected chi connectivity index (χ1v) is 4.85. The lowest BCUT2D eigenvalue weighted by molar-refractivity contribution is -0.154. The first-order valence-electron chi connectivity index (χ1n) is 4.85. The Hall–Kier alpha value is -1.65. The summed E-state index contributed by atoms with van der Waals surface area (Å²) in [5, 5.41) is 0. The maximum atomic E-state index is 11.1. The molecule has 0 bridgehead atoms. The van der Waals surface area contributed by atoms with Gasteiger partial charge in [0.15, 0.2) is 11.9 Å². The van der Waals surface area contributed by atoms with Gasteiger partial charge in [-0.15, -0.1) is 0 Å². The zero-order valence-corrected chi connectivity index (χ0v) is 9.74. The van der Waals surface area contributed by atoms with Gasteiger partial charge in [0, 0.05) is 18.9 Å². The van der Waals surface area contributed by atoms with Gasteiger partial charge in [0.25, 0.3) is 0 Å². The molecular formula is C11H16O5. The van der Waals surface area contributed by atoms with Gasteiger partial charge in [-0.1, -0.05) is 6.58 Å². The van der Waals surface area contributed by atoms with E-state index < -0.39 is 18.0 Å². The van der Waals surface area contributed by atoms with Crippen molar-refractivity contribution in [1.29, 1.82) is 0 Å². The van der Waals surface area contributed by atoms with Gasteiger partial charge < -0.3 is 9.47 Å². The number of ether oxygens (including phenoxy) is 2. The summed E-state index contributed by atoms with van der Waals surface area (Å²) in [6, 6.07) is 0. The van der Waals surface area contributed by atoms with E-state index in [1.165, 1.54) is 20.8 Å². The van der Waals surface area contributed by atoms with Crippen LogP contribution in [0.3, 0.4) is 0 Å². The Morgan fingerprint density at radius 1 is 1.19 bits per heavy atom. The Morgan fingerprint density at radius 2 is 1.75 bits per heavy atom. The molecule has 5 heteroatoms. The van der Waals surface area contributed by atoms with Crippen molar-refractivity contribution in [3.8, 4) is 0 Å². The number of ketones is 1. The SMILES string of the molecule is C=C(C)C(=O)OCCC(OC(C)=O)C(C)=O.